The van der Waals surface area contributed by atoms with Gasteiger partial charge in [-0.15, -0.1) is 4.91 Å². The number of rotatable bonds is 3. The largest absolute Gasteiger partial charge is 0.398 e. The average Bonchev–Trinajstić information content (AvgIpc) is 2.38. The topological polar surface area (TPSA) is 79.3 Å². The molecule has 2 rings (SSSR count). The van der Waals surface area contributed by atoms with Crippen molar-refractivity contribution in [3.8, 4) is 0 Å². The van der Waals surface area contributed by atoms with E-state index in [1.165, 1.54) is 6.21 Å². The van der Waals surface area contributed by atoms with E-state index in [2.05, 4.69) is 5.18 Å². The van der Waals surface area contributed by atoms with E-state index in [0.29, 0.717) is 34.7 Å². The normalized spacial score (nSPS) is 18.3. The quantitative estimate of drug-likeness (QED) is 0.495. The molecule has 1 fully saturated rings. The molecule has 0 saturated heterocycles. The summed E-state index contributed by atoms with van der Waals surface area (Å²) in [4.78, 5) is 11.4. The van der Waals surface area contributed by atoms with Crippen LogP contribution < -0.4 is 5.73 Å². The van der Waals surface area contributed by atoms with Gasteiger partial charge in [-0.25, -0.2) is 0 Å². The molecule has 1 aromatic rings. The number of halogens is 1. The van der Waals surface area contributed by atoms with Gasteiger partial charge in [-0.3, -0.25) is 0 Å². The second kappa shape index (κ2) is 5.06. The monoisotopic (exact) mass is 265 g/mol. The van der Waals surface area contributed by atoms with Gasteiger partial charge in [-0.05, 0) is 30.5 Å². The average molecular weight is 266 g/mol. The van der Waals surface area contributed by atoms with Gasteiger partial charge in [0.25, 0.3) is 0 Å². The van der Waals surface area contributed by atoms with Crippen LogP contribution in [0.3, 0.4) is 0 Å². The molecule has 0 radical (unpaired) electrons. The molecule has 1 aromatic carbocycles. The SMILES string of the molecule is N=Cc1c(N)cc(Cl)cc1C1(N=O)CCCCC1. The van der Waals surface area contributed by atoms with Gasteiger partial charge < -0.3 is 11.1 Å². The Morgan fingerprint density at radius 1 is 1.33 bits per heavy atom. The van der Waals surface area contributed by atoms with E-state index in [0.717, 1.165) is 19.3 Å². The Labute approximate surface area is 111 Å². The summed E-state index contributed by atoms with van der Waals surface area (Å²) in [6.45, 7) is 0. The second-order valence-electron chi connectivity index (χ2n) is 4.78. The van der Waals surface area contributed by atoms with Crippen LogP contribution in [0, 0.1) is 10.3 Å². The van der Waals surface area contributed by atoms with Crippen molar-refractivity contribution in [1.29, 1.82) is 5.41 Å². The lowest BCUT2D eigenvalue weighted by Gasteiger charge is -2.32. The zero-order chi connectivity index (χ0) is 13.2. The summed E-state index contributed by atoms with van der Waals surface area (Å²) in [6.07, 6.45) is 5.65. The Kier molecular flexibility index (Phi) is 3.66. The maximum atomic E-state index is 11.4. The van der Waals surface area contributed by atoms with Gasteiger partial charge in [0.1, 0.15) is 5.54 Å². The van der Waals surface area contributed by atoms with Crippen LogP contribution in [-0.4, -0.2) is 6.21 Å². The molecule has 0 aliphatic heterocycles. The van der Waals surface area contributed by atoms with Crippen LogP contribution in [0.15, 0.2) is 17.3 Å². The van der Waals surface area contributed by atoms with Crippen LogP contribution in [0.2, 0.25) is 5.02 Å². The van der Waals surface area contributed by atoms with Crippen molar-refractivity contribution in [2.75, 3.05) is 5.73 Å². The maximum Gasteiger partial charge on any atom is 0.128 e. The number of anilines is 1. The van der Waals surface area contributed by atoms with Gasteiger partial charge in [-0.1, -0.05) is 36.0 Å². The lowest BCUT2D eigenvalue weighted by Crippen LogP contribution is -2.28. The minimum Gasteiger partial charge on any atom is -0.398 e. The second-order valence-corrected chi connectivity index (χ2v) is 5.22. The molecule has 0 heterocycles. The van der Waals surface area contributed by atoms with E-state index >= 15 is 0 Å². The molecule has 96 valence electrons. The van der Waals surface area contributed by atoms with Crippen LogP contribution >= 0.6 is 11.6 Å². The number of nitrogens with zero attached hydrogens (tertiary/aromatic N) is 1. The van der Waals surface area contributed by atoms with E-state index in [1.807, 2.05) is 0 Å². The Balaban J connectivity index is 2.60. The maximum absolute atomic E-state index is 11.4. The van der Waals surface area contributed by atoms with Crippen LogP contribution in [-0.2, 0) is 5.54 Å². The summed E-state index contributed by atoms with van der Waals surface area (Å²) >= 11 is 6.02. The van der Waals surface area contributed by atoms with Crippen molar-refractivity contribution in [1.82, 2.24) is 0 Å². The molecule has 0 atom stereocenters. The predicted molar refractivity (Wildman–Crippen MR) is 74.3 cm³/mol. The van der Waals surface area contributed by atoms with Crippen LogP contribution in [0.1, 0.15) is 43.2 Å². The Morgan fingerprint density at radius 2 is 2.00 bits per heavy atom. The van der Waals surface area contributed by atoms with Gasteiger partial charge in [0.15, 0.2) is 0 Å². The minimum absolute atomic E-state index is 0.432. The lowest BCUT2D eigenvalue weighted by atomic mass is 9.75. The van der Waals surface area contributed by atoms with Gasteiger partial charge in [0.2, 0.25) is 0 Å². The third-order valence-corrected chi connectivity index (χ3v) is 3.90. The van der Waals surface area contributed by atoms with Crippen LogP contribution in [0.4, 0.5) is 5.69 Å². The highest BCUT2D eigenvalue weighted by molar-refractivity contribution is 6.31. The molecule has 1 aliphatic carbocycles. The molecule has 0 unspecified atom stereocenters. The number of benzene rings is 1. The highest BCUT2D eigenvalue weighted by Gasteiger charge is 2.37. The fourth-order valence-corrected chi connectivity index (χ4v) is 2.96. The van der Waals surface area contributed by atoms with E-state index in [-0.39, 0.29) is 0 Å². The van der Waals surface area contributed by atoms with Gasteiger partial charge in [0.05, 0.1) is 0 Å². The van der Waals surface area contributed by atoms with E-state index in [9.17, 15) is 4.91 Å². The summed E-state index contributed by atoms with van der Waals surface area (Å²) in [6, 6.07) is 3.33. The molecule has 0 bridgehead atoms. The molecular formula is C13H16ClN3O. The minimum atomic E-state index is -0.760. The van der Waals surface area contributed by atoms with Crippen LogP contribution in [0.5, 0.6) is 0 Å². The first-order valence-corrected chi connectivity index (χ1v) is 6.45. The fourth-order valence-electron chi connectivity index (χ4n) is 2.73. The number of hydrogen-bond donors (Lipinski definition) is 2. The molecule has 4 nitrogen and oxygen atoms in total. The summed E-state index contributed by atoms with van der Waals surface area (Å²) in [7, 11) is 0. The number of nitrogen functional groups attached to an aromatic ring is 1. The van der Waals surface area contributed by atoms with E-state index in [4.69, 9.17) is 22.7 Å². The molecule has 0 spiro atoms. The molecule has 0 amide bonds. The molecular weight excluding hydrogens is 250 g/mol. The summed E-state index contributed by atoms with van der Waals surface area (Å²) in [5.74, 6) is 0. The Hall–Kier alpha value is -1.42. The first-order valence-electron chi connectivity index (χ1n) is 6.07. The number of nitrogens with two attached hydrogens (primary N) is 1. The van der Waals surface area contributed by atoms with Crippen molar-refractivity contribution in [3.63, 3.8) is 0 Å². The summed E-state index contributed by atoms with van der Waals surface area (Å²) in [5, 5.41) is 11.3. The first-order chi connectivity index (χ1) is 8.63. The fraction of sp³-hybridized carbons (Fsp3) is 0.462. The van der Waals surface area contributed by atoms with Gasteiger partial charge in [0, 0.05) is 22.5 Å². The smallest absolute Gasteiger partial charge is 0.128 e. The van der Waals surface area contributed by atoms with Crippen molar-refractivity contribution in [2.24, 2.45) is 5.18 Å². The molecule has 1 aliphatic rings. The zero-order valence-electron chi connectivity index (χ0n) is 10.1. The van der Waals surface area contributed by atoms with Crippen LogP contribution in [0.25, 0.3) is 0 Å². The molecule has 5 heteroatoms. The summed E-state index contributed by atoms with van der Waals surface area (Å²) in [5.41, 5.74) is 6.82. The third kappa shape index (κ3) is 2.12. The number of hydrogen-bond acceptors (Lipinski definition) is 4. The van der Waals surface area contributed by atoms with E-state index < -0.39 is 5.54 Å². The third-order valence-electron chi connectivity index (χ3n) is 3.68. The Bertz CT molecular complexity index is 481. The zero-order valence-corrected chi connectivity index (χ0v) is 10.8. The lowest BCUT2D eigenvalue weighted by molar-refractivity contribution is 0.302. The number of nitroso groups, excluding NO2 is 1. The van der Waals surface area contributed by atoms with E-state index in [1.54, 1.807) is 12.1 Å². The summed E-state index contributed by atoms with van der Waals surface area (Å²) < 4.78 is 0. The van der Waals surface area contributed by atoms with Gasteiger partial charge in [-0.2, -0.15) is 0 Å². The molecule has 18 heavy (non-hydrogen) atoms. The molecule has 3 N–H and O–H groups in total. The number of nitrogens with one attached hydrogen (secondary N) is 1. The standard InChI is InChI=1S/C13H16ClN3O/c14-9-6-11(10(8-15)12(16)7-9)13(17-18)4-2-1-3-5-13/h6-8,15H,1-5,16H2. The highest BCUT2D eigenvalue weighted by atomic mass is 35.5. The van der Waals surface area contributed by atoms with Gasteiger partial charge >= 0.3 is 0 Å². The van der Waals surface area contributed by atoms with Crippen molar-refractivity contribution in [3.05, 3.63) is 33.2 Å². The first kappa shape index (κ1) is 13.0. The highest BCUT2D eigenvalue weighted by Crippen LogP contribution is 2.43. The molecule has 0 aromatic heterocycles. The van der Waals surface area contributed by atoms with Crippen molar-refractivity contribution in [2.45, 2.75) is 37.6 Å². The van der Waals surface area contributed by atoms with Crippen molar-refractivity contribution < 1.29 is 0 Å². The molecule has 1 saturated carbocycles. The predicted octanol–water partition coefficient (Wildman–Crippen LogP) is 3.85. The van der Waals surface area contributed by atoms with Crippen molar-refractivity contribution >= 4 is 23.5 Å². The Morgan fingerprint density at radius 3 is 2.56 bits per heavy atom.